The highest BCUT2D eigenvalue weighted by Crippen LogP contribution is 2.50. The quantitative estimate of drug-likeness (QED) is 0.246. The summed E-state index contributed by atoms with van der Waals surface area (Å²) in [4.78, 5) is 45.2. The van der Waals surface area contributed by atoms with Crippen LogP contribution < -0.4 is 5.32 Å². The standard InChI is InChI=1S/C34H43Cl2N3O4/c1-5-6-7-8-28(22-9-11-23(12-10-22)31(42)37-18-15-29(40)41)39-32(43)30(24-19-26(35)21-27(36)20-24)38-34(39)16-13-25(14-17-34)33(2,3)4/h9-12,19-21,25,28H,5-8,13-18H2,1-4H3,(H,37,42)(H,40,41). The number of hydrogen-bond acceptors (Lipinski definition) is 4. The van der Waals surface area contributed by atoms with E-state index in [4.69, 9.17) is 33.3 Å². The van der Waals surface area contributed by atoms with Gasteiger partial charge < -0.3 is 15.3 Å². The van der Waals surface area contributed by atoms with Gasteiger partial charge in [0.1, 0.15) is 11.4 Å². The average molecular weight is 629 g/mol. The number of unbranched alkanes of at least 4 members (excludes halogenated alkanes) is 2. The monoisotopic (exact) mass is 627 g/mol. The molecule has 4 rings (SSSR count). The number of carboxylic acids is 1. The first kappa shape index (κ1) is 33.0. The summed E-state index contributed by atoms with van der Waals surface area (Å²) in [6.45, 7) is 9.06. The Morgan fingerprint density at radius 1 is 1.07 bits per heavy atom. The molecule has 232 valence electrons. The number of aliphatic carboxylic acids is 1. The highest BCUT2D eigenvalue weighted by molar-refractivity contribution is 6.47. The van der Waals surface area contributed by atoms with Gasteiger partial charge in [-0.25, -0.2) is 0 Å². The third kappa shape index (κ3) is 7.79. The molecule has 9 heteroatoms. The zero-order valence-electron chi connectivity index (χ0n) is 25.6. The summed E-state index contributed by atoms with van der Waals surface area (Å²) in [6, 6.07) is 12.3. The first-order valence-electron chi connectivity index (χ1n) is 15.3. The zero-order valence-corrected chi connectivity index (χ0v) is 27.1. The molecule has 0 aromatic heterocycles. The Labute approximate surface area is 265 Å². The fourth-order valence-electron chi connectivity index (χ4n) is 6.50. The van der Waals surface area contributed by atoms with Gasteiger partial charge in [-0.15, -0.1) is 0 Å². The van der Waals surface area contributed by atoms with Crippen LogP contribution in [0.1, 0.15) is 113 Å². The number of benzene rings is 2. The number of nitrogens with zero attached hydrogens (tertiary/aromatic N) is 2. The number of carboxylic acid groups (broad SMARTS) is 1. The molecule has 43 heavy (non-hydrogen) atoms. The smallest absolute Gasteiger partial charge is 0.305 e. The van der Waals surface area contributed by atoms with Gasteiger partial charge in [0, 0.05) is 27.7 Å². The van der Waals surface area contributed by atoms with E-state index in [0.29, 0.717) is 32.8 Å². The largest absolute Gasteiger partial charge is 0.481 e. The summed E-state index contributed by atoms with van der Waals surface area (Å²) >= 11 is 12.7. The lowest BCUT2D eigenvalue weighted by Gasteiger charge is -2.47. The van der Waals surface area contributed by atoms with Crippen LogP contribution in [0.3, 0.4) is 0 Å². The number of rotatable bonds is 11. The Bertz CT molecular complexity index is 1340. The highest BCUT2D eigenvalue weighted by atomic mass is 35.5. The summed E-state index contributed by atoms with van der Waals surface area (Å²) in [5.41, 5.74) is 1.91. The minimum atomic E-state index is -0.965. The van der Waals surface area contributed by atoms with E-state index in [9.17, 15) is 14.4 Å². The molecule has 1 unspecified atom stereocenters. The maximum absolute atomic E-state index is 14.5. The predicted molar refractivity (Wildman–Crippen MR) is 172 cm³/mol. The lowest BCUT2D eigenvalue weighted by Crippen LogP contribution is -2.51. The Morgan fingerprint density at radius 3 is 2.26 bits per heavy atom. The third-order valence-electron chi connectivity index (χ3n) is 8.91. The number of carbonyl (C=O) groups excluding carboxylic acids is 2. The van der Waals surface area contributed by atoms with Crippen molar-refractivity contribution >= 4 is 46.7 Å². The Balaban J connectivity index is 1.71. The van der Waals surface area contributed by atoms with Gasteiger partial charge in [0.2, 0.25) is 0 Å². The molecule has 0 saturated heterocycles. The first-order valence-corrected chi connectivity index (χ1v) is 16.1. The molecule has 0 radical (unpaired) electrons. The summed E-state index contributed by atoms with van der Waals surface area (Å²) < 4.78 is 0. The molecule has 2 aromatic rings. The van der Waals surface area contributed by atoms with Crippen LogP contribution >= 0.6 is 23.2 Å². The van der Waals surface area contributed by atoms with Crippen LogP contribution in [0.5, 0.6) is 0 Å². The van der Waals surface area contributed by atoms with E-state index in [2.05, 4.69) is 33.0 Å². The van der Waals surface area contributed by atoms with Crippen LogP contribution in [0, 0.1) is 11.3 Å². The van der Waals surface area contributed by atoms with E-state index in [1.54, 1.807) is 30.3 Å². The van der Waals surface area contributed by atoms with Gasteiger partial charge in [-0.2, -0.15) is 0 Å². The van der Waals surface area contributed by atoms with Crippen LogP contribution in [0.15, 0.2) is 47.5 Å². The van der Waals surface area contributed by atoms with Crippen molar-refractivity contribution in [2.75, 3.05) is 6.54 Å². The van der Waals surface area contributed by atoms with Crippen LogP contribution in [0.25, 0.3) is 0 Å². The maximum Gasteiger partial charge on any atom is 0.305 e. The highest BCUT2D eigenvalue weighted by Gasteiger charge is 2.52. The fourth-order valence-corrected chi connectivity index (χ4v) is 7.02. The predicted octanol–water partition coefficient (Wildman–Crippen LogP) is 8.08. The summed E-state index contributed by atoms with van der Waals surface area (Å²) in [5.74, 6) is -0.877. The SMILES string of the molecule is CCCCCC(c1ccc(C(=O)NCCC(=O)O)cc1)N1C(=O)C(c2cc(Cl)cc(Cl)c2)=NC12CCC(C(C)(C)C)CC2. The summed E-state index contributed by atoms with van der Waals surface area (Å²) in [5, 5.41) is 12.4. The van der Waals surface area contributed by atoms with Gasteiger partial charge in [0.05, 0.1) is 12.5 Å². The van der Waals surface area contributed by atoms with Crippen LogP contribution in [0.2, 0.25) is 10.0 Å². The van der Waals surface area contributed by atoms with E-state index in [1.807, 2.05) is 17.0 Å². The Kier molecular flexibility index (Phi) is 10.6. The average Bonchev–Trinajstić information content (AvgIpc) is 3.21. The number of carbonyl (C=O) groups is 3. The molecule has 1 aliphatic heterocycles. The molecular formula is C34H43Cl2N3O4. The van der Waals surface area contributed by atoms with E-state index in [-0.39, 0.29) is 36.2 Å². The van der Waals surface area contributed by atoms with Crippen molar-refractivity contribution in [3.05, 3.63) is 69.2 Å². The second-order valence-corrected chi connectivity index (χ2v) is 13.8. The maximum atomic E-state index is 14.5. The van der Waals surface area contributed by atoms with Gasteiger partial charge >= 0.3 is 5.97 Å². The minimum Gasteiger partial charge on any atom is -0.481 e. The fraction of sp³-hybridized carbons (Fsp3) is 0.529. The van der Waals surface area contributed by atoms with E-state index in [0.717, 1.165) is 56.9 Å². The van der Waals surface area contributed by atoms with Crippen molar-refractivity contribution in [2.45, 2.75) is 97.2 Å². The van der Waals surface area contributed by atoms with E-state index in [1.165, 1.54) is 0 Å². The zero-order chi connectivity index (χ0) is 31.4. The summed E-state index contributed by atoms with van der Waals surface area (Å²) in [6.07, 6.45) is 7.15. The molecule has 1 fully saturated rings. The molecule has 2 N–H and O–H groups in total. The van der Waals surface area contributed by atoms with Crippen molar-refractivity contribution < 1.29 is 19.5 Å². The van der Waals surface area contributed by atoms with Gasteiger partial charge in [-0.3, -0.25) is 19.4 Å². The molecule has 1 atom stereocenters. The number of amides is 2. The topological polar surface area (TPSA) is 99.1 Å². The second kappa shape index (κ2) is 13.8. The molecule has 0 bridgehead atoms. The Hall–Kier alpha value is -2.90. The van der Waals surface area contributed by atoms with Gasteiger partial charge in [-0.05, 0) is 79.3 Å². The molecule has 2 aliphatic rings. The lowest BCUT2D eigenvalue weighted by molar-refractivity contribution is -0.137. The van der Waals surface area contributed by atoms with Crippen LogP contribution in [-0.2, 0) is 9.59 Å². The van der Waals surface area contributed by atoms with Crippen molar-refractivity contribution in [2.24, 2.45) is 16.3 Å². The summed E-state index contributed by atoms with van der Waals surface area (Å²) in [7, 11) is 0. The molecular weight excluding hydrogens is 585 g/mol. The molecule has 1 saturated carbocycles. The van der Waals surface area contributed by atoms with Crippen molar-refractivity contribution in [3.8, 4) is 0 Å². The number of nitrogens with one attached hydrogen (secondary N) is 1. The third-order valence-corrected chi connectivity index (χ3v) is 9.35. The van der Waals surface area contributed by atoms with Crippen molar-refractivity contribution in [1.29, 1.82) is 0 Å². The van der Waals surface area contributed by atoms with E-state index >= 15 is 0 Å². The molecule has 1 aliphatic carbocycles. The van der Waals surface area contributed by atoms with Crippen molar-refractivity contribution in [3.63, 3.8) is 0 Å². The molecule has 7 nitrogen and oxygen atoms in total. The molecule has 1 spiro atoms. The van der Waals surface area contributed by atoms with Gasteiger partial charge in [-0.1, -0.05) is 82.3 Å². The number of halogens is 2. The van der Waals surface area contributed by atoms with E-state index < -0.39 is 11.6 Å². The Morgan fingerprint density at radius 2 is 1.70 bits per heavy atom. The number of aliphatic imine (C=N–C) groups is 1. The van der Waals surface area contributed by atoms with Gasteiger partial charge in [0.25, 0.3) is 11.8 Å². The normalized spacial score (nSPS) is 21.2. The van der Waals surface area contributed by atoms with Gasteiger partial charge in [0.15, 0.2) is 0 Å². The van der Waals surface area contributed by atoms with Crippen LogP contribution in [0.4, 0.5) is 0 Å². The minimum absolute atomic E-state index is 0.0591. The molecule has 2 aromatic carbocycles. The number of hydrogen-bond donors (Lipinski definition) is 2. The first-order chi connectivity index (χ1) is 20.3. The molecule has 1 heterocycles. The van der Waals surface area contributed by atoms with Crippen LogP contribution in [-0.4, -0.2) is 45.7 Å². The van der Waals surface area contributed by atoms with Crippen molar-refractivity contribution in [1.82, 2.24) is 10.2 Å². The molecule has 2 amide bonds. The second-order valence-electron chi connectivity index (χ2n) is 12.9. The lowest BCUT2D eigenvalue weighted by atomic mass is 9.69.